The standard InChI is InChI=1S/C12H5ClF2N4/c13-11-9(6-17)10(12(14)15)18-19(11)8-3-1-7(5-16)2-4-8/h1-4,12H. The maximum Gasteiger partial charge on any atom is 0.283 e. The van der Waals surface area contributed by atoms with Gasteiger partial charge in [-0.2, -0.15) is 15.6 Å². The van der Waals surface area contributed by atoms with Crippen LogP contribution in [0.5, 0.6) is 0 Å². The van der Waals surface area contributed by atoms with Gasteiger partial charge < -0.3 is 0 Å². The maximum atomic E-state index is 12.7. The van der Waals surface area contributed by atoms with Crippen LogP contribution >= 0.6 is 11.6 Å². The lowest BCUT2D eigenvalue weighted by molar-refractivity contribution is 0.145. The highest BCUT2D eigenvalue weighted by molar-refractivity contribution is 6.31. The van der Waals surface area contributed by atoms with Crippen molar-refractivity contribution in [2.75, 3.05) is 0 Å². The van der Waals surface area contributed by atoms with Crippen LogP contribution in [0.15, 0.2) is 24.3 Å². The second-order valence-corrected chi connectivity index (χ2v) is 3.89. The second-order valence-electron chi connectivity index (χ2n) is 3.53. The van der Waals surface area contributed by atoms with Gasteiger partial charge in [-0.15, -0.1) is 0 Å². The molecule has 0 amide bonds. The molecule has 0 aliphatic carbocycles. The minimum Gasteiger partial charge on any atom is -0.220 e. The molecular formula is C12H5ClF2N4. The summed E-state index contributed by atoms with van der Waals surface area (Å²) in [7, 11) is 0. The maximum absolute atomic E-state index is 12.7. The third-order valence-corrected chi connectivity index (χ3v) is 2.76. The third kappa shape index (κ3) is 2.26. The molecule has 0 radical (unpaired) electrons. The molecule has 0 spiro atoms. The van der Waals surface area contributed by atoms with Crippen molar-refractivity contribution in [2.24, 2.45) is 0 Å². The molecule has 1 aromatic heterocycles. The van der Waals surface area contributed by atoms with E-state index in [1.807, 2.05) is 6.07 Å². The Balaban J connectivity index is 2.57. The Morgan fingerprint density at radius 2 is 1.79 bits per heavy atom. The number of nitrogens with zero attached hydrogens (tertiary/aromatic N) is 4. The summed E-state index contributed by atoms with van der Waals surface area (Å²) in [4.78, 5) is 0. The van der Waals surface area contributed by atoms with Gasteiger partial charge >= 0.3 is 0 Å². The Hall–Kier alpha value is -2.44. The van der Waals surface area contributed by atoms with Crippen molar-refractivity contribution in [1.82, 2.24) is 9.78 Å². The lowest BCUT2D eigenvalue weighted by atomic mass is 10.2. The molecule has 0 atom stereocenters. The predicted octanol–water partition coefficient (Wildman–Crippen LogP) is 3.21. The fourth-order valence-electron chi connectivity index (χ4n) is 1.52. The van der Waals surface area contributed by atoms with Gasteiger partial charge in [0, 0.05) is 0 Å². The molecule has 1 heterocycles. The molecular weight excluding hydrogens is 274 g/mol. The highest BCUT2D eigenvalue weighted by Gasteiger charge is 2.23. The zero-order chi connectivity index (χ0) is 14.0. The SMILES string of the molecule is N#Cc1ccc(-n2nc(C(F)F)c(C#N)c2Cl)cc1. The number of rotatable bonds is 2. The second kappa shape index (κ2) is 5.05. The molecule has 0 fully saturated rings. The van der Waals surface area contributed by atoms with Gasteiger partial charge in [0.1, 0.15) is 17.3 Å². The number of alkyl halides is 2. The van der Waals surface area contributed by atoms with E-state index in [-0.39, 0.29) is 10.7 Å². The van der Waals surface area contributed by atoms with E-state index >= 15 is 0 Å². The number of halogens is 3. The van der Waals surface area contributed by atoms with Gasteiger partial charge in [-0.25, -0.2) is 13.5 Å². The van der Waals surface area contributed by atoms with Crippen LogP contribution in [0.2, 0.25) is 5.15 Å². The molecule has 19 heavy (non-hydrogen) atoms. The average molecular weight is 279 g/mol. The fourth-order valence-corrected chi connectivity index (χ4v) is 1.79. The van der Waals surface area contributed by atoms with E-state index in [0.717, 1.165) is 4.68 Å². The topological polar surface area (TPSA) is 65.4 Å². The van der Waals surface area contributed by atoms with Crippen molar-refractivity contribution < 1.29 is 8.78 Å². The Morgan fingerprint density at radius 3 is 2.21 bits per heavy atom. The molecule has 7 heteroatoms. The van der Waals surface area contributed by atoms with Crippen LogP contribution in [0, 0.1) is 22.7 Å². The molecule has 0 aliphatic rings. The first-order chi connectivity index (χ1) is 9.08. The van der Waals surface area contributed by atoms with Gasteiger partial charge in [0.25, 0.3) is 6.43 Å². The molecule has 0 aliphatic heterocycles. The van der Waals surface area contributed by atoms with E-state index in [1.54, 1.807) is 6.07 Å². The Kier molecular flexibility index (Phi) is 3.46. The molecule has 2 aromatic rings. The minimum atomic E-state index is -2.88. The van der Waals surface area contributed by atoms with Gasteiger partial charge in [0.2, 0.25) is 0 Å². The highest BCUT2D eigenvalue weighted by atomic mass is 35.5. The number of benzene rings is 1. The smallest absolute Gasteiger partial charge is 0.220 e. The highest BCUT2D eigenvalue weighted by Crippen LogP contribution is 2.29. The quantitative estimate of drug-likeness (QED) is 0.847. The summed E-state index contributed by atoms with van der Waals surface area (Å²) < 4.78 is 26.5. The predicted molar refractivity (Wildman–Crippen MR) is 63.0 cm³/mol. The minimum absolute atomic E-state index is 0.178. The lowest BCUT2D eigenvalue weighted by Gasteiger charge is -2.02. The Labute approximate surface area is 112 Å². The third-order valence-electron chi connectivity index (χ3n) is 2.42. The normalized spacial score (nSPS) is 10.2. The summed E-state index contributed by atoms with van der Waals surface area (Å²) in [5.41, 5.74) is -0.188. The largest absolute Gasteiger partial charge is 0.283 e. The first-order valence-corrected chi connectivity index (χ1v) is 5.43. The summed E-state index contributed by atoms with van der Waals surface area (Å²) in [6, 6.07) is 9.56. The van der Waals surface area contributed by atoms with Crippen LogP contribution in [0.1, 0.15) is 23.2 Å². The molecule has 0 bridgehead atoms. The number of hydrogen-bond donors (Lipinski definition) is 0. The van der Waals surface area contributed by atoms with E-state index in [0.29, 0.717) is 11.3 Å². The van der Waals surface area contributed by atoms with Gasteiger partial charge in [0.05, 0.1) is 17.3 Å². The van der Waals surface area contributed by atoms with E-state index in [4.69, 9.17) is 22.1 Å². The van der Waals surface area contributed by atoms with Crippen molar-refractivity contribution in [3.8, 4) is 17.8 Å². The van der Waals surface area contributed by atoms with Crippen LogP contribution in [0.3, 0.4) is 0 Å². The van der Waals surface area contributed by atoms with Gasteiger partial charge in [-0.1, -0.05) is 11.6 Å². The number of hydrogen-bond acceptors (Lipinski definition) is 3. The van der Waals surface area contributed by atoms with Crippen LogP contribution in [-0.2, 0) is 0 Å². The molecule has 0 saturated carbocycles. The lowest BCUT2D eigenvalue weighted by Crippen LogP contribution is -1.97. The molecule has 1 aromatic carbocycles. The van der Waals surface area contributed by atoms with Crippen LogP contribution in [0.4, 0.5) is 8.78 Å². The summed E-state index contributed by atoms with van der Waals surface area (Å²) in [6.07, 6.45) is -2.88. The number of nitriles is 2. The summed E-state index contributed by atoms with van der Waals surface area (Å²) in [6.45, 7) is 0. The van der Waals surface area contributed by atoms with Crippen LogP contribution in [0.25, 0.3) is 5.69 Å². The molecule has 0 saturated heterocycles. The number of aromatic nitrogens is 2. The van der Waals surface area contributed by atoms with E-state index in [2.05, 4.69) is 5.10 Å². The average Bonchev–Trinajstić information content (AvgIpc) is 2.76. The Morgan fingerprint density at radius 1 is 1.16 bits per heavy atom. The first-order valence-electron chi connectivity index (χ1n) is 5.05. The van der Waals surface area contributed by atoms with Gasteiger partial charge in [-0.05, 0) is 24.3 Å². The van der Waals surface area contributed by atoms with E-state index in [1.165, 1.54) is 24.3 Å². The van der Waals surface area contributed by atoms with Gasteiger partial charge in [0.15, 0.2) is 5.15 Å². The molecule has 0 N–H and O–H groups in total. The first kappa shape index (κ1) is 13.0. The van der Waals surface area contributed by atoms with Crippen molar-refractivity contribution in [3.63, 3.8) is 0 Å². The summed E-state index contributed by atoms with van der Waals surface area (Å²) in [5.74, 6) is 0. The van der Waals surface area contributed by atoms with Crippen molar-refractivity contribution in [1.29, 1.82) is 10.5 Å². The van der Waals surface area contributed by atoms with E-state index < -0.39 is 12.1 Å². The molecule has 0 unspecified atom stereocenters. The van der Waals surface area contributed by atoms with Crippen LogP contribution in [-0.4, -0.2) is 9.78 Å². The molecule has 2 rings (SSSR count). The summed E-state index contributed by atoms with van der Waals surface area (Å²) >= 11 is 5.86. The molecule has 94 valence electrons. The monoisotopic (exact) mass is 278 g/mol. The molecule has 4 nitrogen and oxygen atoms in total. The zero-order valence-electron chi connectivity index (χ0n) is 9.31. The summed E-state index contributed by atoms with van der Waals surface area (Å²) in [5, 5.41) is 21.0. The van der Waals surface area contributed by atoms with Crippen molar-refractivity contribution in [2.45, 2.75) is 6.43 Å². The zero-order valence-corrected chi connectivity index (χ0v) is 10.1. The fraction of sp³-hybridized carbons (Fsp3) is 0.0833. The van der Waals surface area contributed by atoms with Crippen molar-refractivity contribution >= 4 is 11.6 Å². The van der Waals surface area contributed by atoms with E-state index in [9.17, 15) is 8.78 Å². The van der Waals surface area contributed by atoms with Gasteiger partial charge in [-0.3, -0.25) is 0 Å². The van der Waals surface area contributed by atoms with Crippen molar-refractivity contribution in [3.05, 3.63) is 46.2 Å². The Bertz CT molecular complexity index is 692. The van der Waals surface area contributed by atoms with Crippen LogP contribution < -0.4 is 0 Å².